The number of carbonyl (C=O) groups excluding carboxylic acids is 1. The first-order chi connectivity index (χ1) is 16.7. The SMILES string of the molecule is Cc1c(N)nn(C)c1-c1ccc(F)c(OC2CN(C(=O)N3N=CCC3c3cc(F)cc(F)c3)C2)n1. The minimum Gasteiger partial charge on any atom is -0.468 e. The summed E-state index contributed by atoms with van der Waals surface area (Å²) in [6, 6.07) is 4.87. The van der Waals surface area contributed by atoms with E-state index in [0.717, 1.165) is 11.6 Å². The number of ether oxygens (including phenoxy) is 1. The fourth-order valence-corrected chi connectivity index (χ4v) is 4.26. The number of rotatable bonds is 4. The van der Waals surface area contributed by atoms with Crippen LogP contribution in [0.25, 0.3) is 11.4 Å². The van der Waals surface area contributed by atoms with Gasteiger partial charge in [-0.05, 0) is 36.8 Å². The minimum absolute atomic E-state index is 0.179. The van der Waals surface area contributed by atoms with Gasteiger partial charge in [0.1, 0.15) is 23.6 Å². The Kier molecular flexibility index (Phi) is 5.58. The molecule has 2 aliphatic heterocycles. The van der Waals surface area contributed by atoms with Gasteiger partial charge in [0, 0.05) is 31.3 Å². The van der Waals surface area contributed by atoms with E-state index in [2.05, 4.69) is 15.2 Å². The number of pyridine rings is 1. The molecule has 2 N–H and O–H groups in total. The maximum atomic E-state index is 14.4. The van der Waals surface area contributed by atoms with Crippen molar-refractivity contribution in [2.24, 2.45) is 12.1 Å². The van der Waals surface area contributed by atoms with Gasteiger partial charge in [-0.25, -0.2) is 28.0 Å². The van der Waals surface area contributed by atoms with Crippen LogP contribution in [0.15, 0.2) is 35.4 Å². The van der Waals surface area contributed by atoms with Gasteiger partial charge in [0.15, 0.2) is 5.82 Å². The number of hydrogen-bond donors (Lipinski definition) is 1. The summed E-state index contributed by atoms with van der Waals surface area (Å²) in [7, 11) is 1.71. The van der Waals surface area contributed by atoms with E-state index >= 15 is 0 Å². The van der Waals surface area contributed by atoms with Crippen molar-refractivity contribution in [1.29, 1.82) is 0 Å². The number of amides is 2. The van der Waals surface area contributed by atoms with Gasteiger partial charge in [-0.1, -0.05) is 0 Å². The van der Waals surface area contributed by atoms with E-state index in [0.29, 0.717) is 29.2 Å². The molecule has 0 bridgehead atoms. The van der Waals surface area contributed by atoms with Crippen LogP contribution >= 0.6 is 0 Å². The Hall–Kier alpha value is -4.09. The lowest BCUT2D eigenvalue weighted by Crippen LogP contribution is -2.59. The molecule has 1 saturated heterocycles. The van der Waals surface area contributed by atoms with E-state index in [9.17, 15) is 18.0 Å². The first kappa shape index (κ1) is 22.7. The normalized spacial score (nSPS) is 17.7. The zero-order chi connectivity index (χ0) is 24.9. The molecule has 2 aromatic heterocycles. The van der Waals surface area contributed by atoms with Gasteiger partial charge in [0.2, 0.25) is 0 Å². The van der Waals surface area contributed by atoms with Crippen molar-refractivity contribution in [1.82, 2.24) is 24.7 Å². The molecule has 1 unspecified atom stereocenters. The first-order valence-electron chi connectivity index (χ1n) is 10.9. The summed E-state index contributed by atoms with van der Waals surface area (Å²) < 4.78 is 49.0. The van der Waals surface area contributed by atoms with Crippen LogP contribution in [0.4, 0.5) is 23.8 Å². The second kappa shape index (κ2) is 8.60. The molecule has 5 rings (SSSR count). The van der Waals surface area contributed by atoms with Crippen LogP contribution in [-0.2, 0) is 7.05 Å². The molecular weight excluding hydrogens is 463 g/mol. The van der Waals surface area contributed by atoms with Crippen molar-refractivity contribution in [2.75, 3.05) is 18.8 Å². The van der Waals surface area contributed by atoms with Crippen molar-refractivity contribution in [3.8, 4) is 17.3 Å². The number of nitrogen functional groups attached to an aromatic ring is 1. The first-order valence-corrected chi connectivity index (χ1v) is 10.9. The highest BCUT2D eigenvalue weighted by molar-refractivity contribution is 5.79. The number of nitrogens with zero attached hydrogens (tertiary/aromatic N) is 6. The molecule has 0 saturated carbocycles. The maximum Gasteiger partial charge on any atom is 0.341 e. The monoisotopic (exact) mass is 485 g/mol. The number of hydrogen-bond acceptors (Lipinski definition) is 6. The third-order valence-corrected chi connectivity index (χ3v) is 6.07. The fraction of sp³-hybridized carbons (Fsp3) is 0.304. The summed E-state index contributed by atoms with van der Waals surface area (Å²) in [5.74, 6) is -1.92. The number of aryl methyl sites for hydroxylation is 1. The average Bonchev–Trinajstić information content (AvgIpc) is 3.35. The highest BCUT2D eigenvalue weighted by Crippen LogP contribution is 2.32. The second-order valence-electron chi connectivity index (χ2n) is 8.49. The van der Waals surface area contributed by atoms with Gasteiger partial charge in [-0.15, -0.1) is 0 Å². The van der Waals surface area contributed by atoms with Crippen LogP contribution < -0.4 is 10.5 Å². The molecule has 0 radical (unpaired) electrons. The molecule has 35 heavy (non-hydrogen) atoms. The van der Waals surface area contributed by atoms with Crippen LogP contribution in [0.2, 0.25) is 0 Å². The molecule has 9 nitrogen and oxygen atoms in total. The zero-order valence-corrected chi connectivity index (χ0v) is 19.0. The molecule has 12 heteroatoms. The summed E-state index contributed by atoms with van der Waals surface area (Å²) in [5.41, 5.74) is 7.99. The van der Waals surface area contributed by atoms with Gasteiger partial charge < -0.3 is 15.4 Å². The van der Waals surface area contributed by atoms with Gasteiger partial charge in [-0.3, -0.25) is 4.68 Å². The molecule has 0 spiro atoms. The predicted octanol–water partition coefficient (Wildman–Crippen LogP) is 3.41. The number of nitrogens with two attached hydrogens (primary N) is 1. The molecule has 3 aromatic rings. The number of anilines is 1. The molecule has 2 amide bonds. The summed E-state index contributed by atoms with van der Waals surface area (Å²) in [5, 5.41) is 9.43. The summed E-state index contributed by atoms with van der Waals surface area (Å²) in [6.45, 7) is 2.15. The average molecular weight is 485 g/mol. The molecule has 1 aromatic carbocycles. The highest BCUT2D eigenvalue weighted by Gasteiger charge is 2.39. The molecule has 1 atom stereocenters. The second-order valence-corrected chi connectivity index (χ2v) is 8.49. The van der Waals surface area contributed by atoms with Crippen LogP contribution in [0.1, 0.15) is 23.6 Å². The number of benzene rings is 1. The van der Waals surface area contributed by atoms with E-state index in [1.807, 2.05) is 0 Å². The summed E-state index contributed by atoms with van der Waals surface area (Å²) in [6.07, 6.45) is 1.38. The van der Waals surface area contributed by atoms with Gasteiger partial charge in [0.25, 0.3) is 5.88 Å². The number of aromatic nitrogens is 3. The third kappa shape index (κ3) is 4.15. The van der Waals surface area contributed by atoms with E-state index in [-0.39, 0.29) is 19.0 Å². The third-order valence-electron chi connectivity index (χ3n) is 6.07. The Labute approximate surface area is 198 Å². The predicted molar refractivity (Wildman–Crippen MR) is 121 cm³/mol. The largest absolute Gasteiger partial charge is 0.468 e. The van der Waals surface area contributed by atoms with Crippen LogP contribution in [-0.4, -0.2) is 56.1 Å². The Morgan fingerprint density at radius 3 is 2.51 bits per heavy atom. The maximum absolute atomic E-state index is 14.4. The molecule has 4 heterocycles. The van der Waals surface area contributed by atoms with E-state index < -0.39 is 35.6 Å². The van der Waals surface area contributed by atoms with Crippen molar-refractivity contribution < 1.29 is 22.7 Å². The lowest BCUT2D eigenvalue weighted by Gasteiger charge is -2.40. The number of carbonyl (C=O) groups is 1. The number of urea groups is 1. The van der Waals surface area contributed by atoms with Gasteiger partial charge in [-0.2, -0.15) is 10.2 Å². The summed E-state index contributed by atoms with van der Waals surface area (Å²) >= 11 is 0. The molecule has 0 aliphatic carbocycles. The molecule has 182 valence electrons. The van der Waals surface area contributed by atoms with E-state index in [1.165, 1.54) is 40.4 Å². The molecule has 2 aliphatic rings. The Morgan fingerprint density at radius 2 is 1.86 bits per heavy atom. The topological polar surface area (TPSA) is 102 Å². The molecular formula is C23H22F3N7O2. The van der Waals surface area contributed by atoms with Crippen LogP contribution in [0, 0.1) is 24.4 Å². The lowest BCUT2D eigenvalue weighted by molar-refractivity contribution is 0.0231. The standard InChI is InChI=1S/C23H22F3N7O2/c1-12-20(31(2)30-21(12)27)18-4-3-17(26)22(29-18)35-16-10-32(11-16)23(34)33-19(5-6-28-33)13-7-14(24)9-15(25)8-13/h3-4,6-9,16,19H,5,10-11H2,1-2H3,(H2,27,30). The zero-order valence-electron chi connectivity index (χ0n) is 19.0. The lowest BCUT2D eigenvalue weighted by atomic mass is 10.0. The van der Waals surface area contributed by atoms with E-state index in [1.54, 1.807) is 18.7 Å². The number of hydrazone groups is 1. The van der Waals surface area contributed by atoms with E-state index in [4.69, 9.17) is 10.5 Å². The fourth-order valence-electron chi connectivity index (χ4n) is 4.26. The van der Waals surface area contributed by atoms with Gasteiger partial charge >= 0.3 is 6.03 Å². The Morgan fingerprint density at radius 1 is 1.14 bits per heavy atom. The van der Waals surface area contributed by atoms with Crippen molar-refractivity contribution in [3.63, 3.8) is 0 Å². The highest BCUT2D eigenvalue weighted by atomic mass is 19.1. The summed E-state index contributed by atoms with van der Waals surface area (Å²) in [4.78, 5) is 18.7. The molecule has 1 fully saturated rings. The number of likely N-dealkylation sites (tertiary alicyclic amines) is 1. The van der Waals surface area contributed by atoms with Crippen molar-refractivity contribution in [2.45, 2.75) is 25.5 Å². The van der Waals surface area contributed by atoms with Crippen LogP contribution in [0.5, 0.6) is 5.88 Å². The Bertz CT molecular complexity index is 1320. The Balaban J connectivity index is 1.26. The minimum atomic E-state index is -0.725. The smallest absolute Gasteiger partial charge is 0.341 e. The quantitative estimate of drug-likeness (QED) is 0.610. The van der Waals surface area contributed by atoms with Gasteiger partial charge in [0.05, 0.1) is 30.5 Å². The number of halogens is 3. The van der Waals surface area contributed by atoms with Crippen molar-refractivity contribution >= 4 is 18.1 Å². The van der Waals surface area contributed by atoms with Crippen molar-refractivity contribution in [3.05, 3.63) is 58.9 Å². The van der Waals surface area contributed by atoms with Crippen LogP contribution in [0.3, 0.4) is 0 Å².